The van der Waals surface area contributed by atoms with Crippen molar-refractivity contribution in [1.82, 2.24) is 19.6 Å². The molecule has 0 saturated heterocycles. The Morgan fingerprint density at radius 2 is 1.64 bits per heavy atom. The Hall–Kier alpha value is -2.43. The number of aryl methyl sites for hydroxylation is 4. The van der Waals surface area contributed by atoms with Crippen LogP contribution in [0.1, 0.15) is 60.7 Å². The van der Waals surface area contributed by atoms with Crippen molar-refractivity contribution < 1.29 is 0 Å². The third-order valence-corrected chi connectivity index (χ3v) is 4.85. The molecule has 0 atom stereocenters. The third kappa shape index (κ3) is 3.23. The van der Waals surface area contributed by atoms with Crippen LogP contribution in [-0.2, 0) is 0 Å². The van der Waals surface area contributed by atoms with E-state index in [1.807, 2.05) is 17.6 Å². The second-order valence-corrected chi connectivity index (χ2v) is 6.84. The van der Waals surface area contributed by atoms with Gasteiger partial charge >= 0.3 is 0 Å². The van der Waals surface area contributed by atoms with Gasteiger partial charge in [0, 0.05) is 11.3 Å². The van der Waals surface area contributed by atoms with Crippen LogP contribution >= 0.6 is 0 Å². The fourth-order valence-electron chi connectivity index (χ4n) is 3.59. The van der Waals surface area contributed by atoms with E-state index >= 15 is 0 Å². The number of hydrogen-bond donors (Lipinski definition) is 1. The lowest BCUT2D eigenvalue weighted by Gasteiger charge is -2.15. The van der Waals surface area contributed by atoms with Crippen molar-refractivity contribution in [3.05, 3.63) is 46.4 Å². The Labute approximate surface area is 149 Å². The van der Waals surface area contributed by atoms with Crippen LogP contribution in [0.4, 0.5) is 11.6 Å². The van der Waals surface area contributed by atoms with E-state index in [2.05, 4.69) is 67.1 Å². The molecule has 0 spiro atoms. The highest BCUT2D eigenvalue weighted by atomic mass is 15.3. The maximum Gasteiger partial charge on any atom is 0.232 e. The number of fused-ring (bicyclic) bond motifs is 1. The highest BCUT2D eigenvalue weighted by molar-refractivity contribution is 5.65. The first-order valence-electron chi connectivity index (χ1n) is 9.01. The fourth-order valence-corrected chi connectivity index (χ4v) is 3.59. The summed E-state index contributed by atoms with van der Waals surface area (Å²) in [6, 6.07) is 4.36. The highest BCUT2D eigenvalue weighted by Crippen LogP contribution is 2.29. The molecule has 1 aromatic carbocycles. The Morgan fingerprint density at radius 1 is 1.00 bits per heavy atom. The Bertz CT molecular complexity index is 883. The first-order valence-corrected chi connectivity index (χ1v) is 9.01. The molecule has 3 rings (SSSR count). The number of rotatable bonds is 5. The molecule has 0 unspecified atom stereocenters. The van der Waals surface area contributed by atoms with E-state index in [-0.39, 0.29) is 0 Å². The van der Waals surface area contributed by atoms with E-state index in [0.29, 0.717) is 5.92 Å². The molecule has 1 N–H and O–H groups in total. The minimum absolute atomic E-state index is 0.475. The van der Waals surface area contributed by atoms with Crippen molar-refractivity contribution >= 4 is 17.3 Å². The predicted molar refractivity (Wildman–Crippen MR) is 103 cm³/mol. The third-order valence-electron chi connectivity index (χ3n) is 4.85. The van der Waals surface area contributed by atoms with Crippen molar-refractivity contribution in [2.24, 2.45) is 0 Å². The van der Waals surface area contributed by atoms with Crippen LogP contribution in [-0.4, -0.2) is 19.6 Å². The molecule has 0 aliphatic heterocycles. The van der Waals surface area contributed by atoms with Crippen LogP contribution in [0.2, 0.25) is 0 Å². The smallest absolute Gasteiger partial charge is 0.232 e. The van der Waals surface area contributed by atoms with Crippen molar-refractivity contribution in [3.63, 3.8) is 0 Å². The maximum atomic E-state index is 4.66. The van der Waals surface area contributed by atoms with Crippen molar-refractivity contribution in [3.8, 4) is 0 Å². The zero-order valence-electron chi connectivity index (χ0n) is 16.0. The van der Waals surface area contributed by atoms with Gasteiger partial charge in [-0.05, 0) is 57.6 Å². The molecule has 0 radical (unpaired) electrons. The molecular weight excluding hydrogens is 310 g/mol. The molecule has 5 heteroatoms. The molecule has 0 aliphatic rings. The minimum Gasteiger partial charge on any atom is -0.324 e. The quantitative estimate of drug-likeness (QED) is 0.711. The van der Waals surface area contributed by atoms with Crippen LogP contribution in [0.3, 0.4) is 0 Å². The standard InChI is InChI=1S/C20H27N5/c1-7-16(8-2)17-11-21-25-19(17)22-15(6)23-20(25)24-18-13(4)9-12(3)10-14(18)5/h9-11,16H,7-8H2,1-6H3,(H,22,23,24). The summed E-state index contributed by atoms with van der Waals surface area (Å²) in [7, 11) is 0. The molecule has 0 saturated carbocycles. The van der Waals surface area contributed by atoms with Crippen LogP contribution in [0.25, 0.3) is 5.65 Å². The zero-order valence-corrected chi connectivity index (χ0v) is 16.0. The van der Waals surface area contributed by atoms with E-state index in [1.54, 1.807) is 0 Å². The summed E-state index contributed by atoms with van der Waals surface area (Å²) in [5, 5.41) is 8.07. The van der Waals surface area contributed by atoms with Crippen LogP contribution in [0.5, 0.6) is 0 Å². The number of aromatic nitrogens is 4. The molecule has 0 aliphatic carbocycles. The molecule has 0 bridgehead atoms. The Morgan fingerprint density at radius 3 is 2.24 bits per heavy atom. The van der Waals surface area contributed by atoms with Gasteiger partial charge in [0.1, 0.15) is 5.82 Å². The number of benzene rings is 1. The van der Waals surface area contributed by atoms with Crippen LogP contribution < -0.4 is 5.32 Å². The minimum atomic E-state index is 0.475. The zero-order chi connectivity index (χ0) is 18.1. The largest absolute Gasteiger partial charge is 0.324 e. The second-order valence-electron chi connectivity index (χ2n) is 6.84. The lowest BCUT2D eigenvalue weighted by Crippen LogP contribution is -2.08. The molecule has 132 valence electrons. The van der Waals surface area contributed by atoms with Gasteiger partial charge in [0.15, 0.2) is 5.65 Å². The SMILES string of the molecule is CCC(CC)c1cnn2c(Nc3c(C)cc(C)cc3C)nc(C)nc12. The van der Waals surface area contributed by atoms with E-state index < -0.39 is 0 Å². The highest BCUT2D eigenvalue weighted by Gasteiger charge is 2.18. The predicted octanol–water partition coefficient (Wildman–Crippen LogP) is 5.01. The Kier molecular flexibility index (Phi) is 4.75. The number of nitrogens with zero attached hydrogens (tertiary/aromatic N) is 4. The summed E-state index contributed by atoms with van der Waals surface area (Å²) in [6.07, 6.45) is 4.11. The van der Waals surface area contributed by atoms with Gasteiger partial charge in [-0.25, -0.2) is 4.98 Å². The van der Waals surface area contributed by atoms with Gasteiger partial charge in [-0.3, -0.25) is 0 Å². The van der Waals surface area contributed by atoms with Gasteiger partial charge in [0.2, 0.25) is 5.95 Å². The number of nitrogens with one attached hydrogen (secondary N) is 1. The number of hydrogen-bond acceptors (Lipinski definition) is 4. The number of anilines is 2. The van der Waals surface area contributed by atoms with Crippen molar-refractivity contribution in [2.75, 3.05) is 5.32 Å². The second kappa shape index (κ2) is 6.82. The van der Waals surface area contributed by atoms with Crippen molar-refractivity contribution in [2.45, 2.75) is 60.3 Å². The van der Waals surface area contributed by atoms with E-state index in [4.69, 9.17) is 0 Å². The van der Waals surface area contributed by atoms with Gasteiger partial charge in [-0.15, -0.1) is 0 Å². The topological polar surface area (TPSA) is 55.1 Å². The van der Waals surface area contributed by atoms with Gasteiger partial charge in [-0.2, -0.15) is 14.6 Å². The van der Waals surface area contributed by atoms with Gasteiger partial charge in [-0.1, -0.05) is 31.5 Å². The normalized spacial score (nSPS) is 11.5. The molecule has 25 heavy (non-hydrogen) atoms. The maximum absolute atomic E-state index is 4.66. The molecule has 0 amide bonds. The van der Waals surface area contributed by atoms with Gasteiger partial charge in [0.25, 0.3) is 0 Å². The summed E-state index contributed by atoms with van der Waals surface area (Å²) >= 11 is 0. The van der Waals surface area contributed by atoms with E-state index in [0.717, 1.165) is 35.9 Å². The summed E-state index contributed by atoms with van der Waals surface area (Å²) in [5.41, 5.74) is 6.87. The summed E-state index contributed by atoms with van der Waals surface area (Å²) in [6.45, 7) is 12.7. The lowest BCUT2D eigenvalue weighted by molar-refractivity contribution is 0.645. The molecule has 2 aromatic heterocycles. The first kappa shape index (κ1) is 17.4. The first-order chi connectivity index (χ1) is 11.9. The molecule has 3 aromatic rings. The fraction of sp³-hybridized carbons (Fsp3) is 0.450. The summed E-state index contributed by atoms with van der Waals surface area (Å²) in [5.74, 6) is 1.95. The lowest BCUT2D eigenvalue weighted by atomic mass is 9.96. The van der Waals surface area contributed by atoms with E-state index in [9.17, 15) is 0 Å². The average Bonchev–Trinajstić information content (AvgIpc) is 2.96. The average molecular weight is 337 g/mol. The van der Waals surface area contributed by atoms with Crippen molar-refractivity contribution in [1.29, 1.82) is 0 Å². The molecular formula is C20H27N5. The van der Waals surface area contributed by atoms with Crippen LogP contribution in [0, 0.1) is 27.7 Å². The molecule has 0 fully saturated rings. The van der Waals surface area contributed by atoms with Crippen LogP contribution in [0.15, 0.2) is 18.3 Å². The summed E-state index contributed by atoms with van der Waals surface area (Å²) in [4.78, 5) is 9.27. The summed E-state index contributed by atoms with van der Waals surface area (Å²) < 4.78 is 1.83. The Balaban J connectivity index is 2.12. The molecule has 5 nitrogen and oxygen atoms in total. The molecule has 2 heterocycles. The van der Waals surface area contributed by atoms with E-state index in [1.165, 1.54) is 22.3 Å². The van der Waals surface area contributed by atoms with Gasteiger partial charge in [0.05, 0.1) is 6.20 Å². The monoisotopic (exact) mass is 337 g/mol. The van der Waals surface area contributed by atoms with Gasteiger partial charge < -0.3 is 5.32 Å².